The van der Waals surface area contributed by atoms with Crippen molar-refractivity contribution in [2.45, 2.75) is 199 Å². The fraction of sp³-hybridized carbons (Fsp3) is 0.974. The van der Waals surface area contributed by atoms with Crippen LogP contribution in [-0.4, -0.2) is 309 Å². The van der Waals surface area contributed by atoms with E-state index in [0.29, 0.717) is 0 Å². The highest BCUT2D eigenvalue weighted by molar-refractivity contribution is 5.73. The summed E-state index contributed by atoms with van der Waals surface area (Å²) in [7, 11) is 0. The minimum Gasteiger partial charge on any atom is -0.394 e. The van der Waals surface area contributed by atoms with E-state index in [1.807, 2.05) is 0 Å². The maximum Gasteiger partial charge on any atom is 0.217 e. The number of carbonyl (C=O) groups excluding carboxylic acids is 1. The lowest BCUT2D eigenvalue weighted by molar-refractivity contribution is -0.399. The molecule has 5 rings (SSSR count). The van der Waals surface area contributed by atoms with Crippen molar-refractivity contribution >= 4 is 5.91 Å². The lowest BCUT2D eigenvalue weighted by Crippen LogP contribution is -2.71. The molecule has 0 unspecified atom stereocenters. The SMILES string of the molecule is CC(=O)N[C@H]1[C@H](O[C@H]2[C@@H](O)[C@@H](CO)O[C@@H](O[C@@H]([C@H](O)[C@@H](O)CO)[C@H](O)CO)[C@@H]2O)O[C@H](CO)[C@@H](O[C@@H]2O[C@H](CO)[C@H](O)[C@H](O)[C@H]2O[C@@H]2O[C@@H](C)[C@@H](O)[C@@H](O)[C@@H]2O)[C@@H]1O[C@@H]1O[C@@H](C)[C@@H](O)[C@@H](O)[C@@H]1O. The number of ether oxygens (including phenoxy) is 10. The molecular formula is C38H67NO29. The van der Waals surface area contributed by atoms with Crippen molar-refractivity contribution in [3.63, 3.8) is 0 Å². The standard InChI is InChI=1S/C38H67NO29/c1-9-18(48)23(53)26(56)35(59-9)66-31-17(39-11(3)45)34(67-32-22(52)15(7-43)61-37(28(32)58)64-29(13(47)5-41)20(50)12(46)4-40)63-16(8-44)30(31)65-38-33(25(55)21(51)14(6-42)62-38)68-36-27(57)24(54)19(49)10(2)60-36/h9-10,12-38,40-44,46-58H,4-8H2,1-3H3,(H,39,45)/t9-,10-,12-,13+,14+,15+,16+,17+,18+,19+,20+,21-,22-,23+,24+,25-,26-,27-,28+,29+,30+,31+,32-,33+,34-,35-,36-,37-,38-/m0/s1. The van der Waals surface area contributed by atoms with Gasteiger partial charge in [0.05, 0.1) is 45.2 Å². The van der Waals surface area contributed by atoms with Crippen LogP contribution in [0, 0.1) is 0 Å². The number of carbonyl (C=O) groups is 1. The third-order valence-electron chi connectivity index (χ3n) is 12.4. The predicted octanol–water partition coefficient (Wildman–Crippen LogP) is -12.3. The third-order valence-corrected chi connectivity index (χ3v) is 12.4. The van der Waals surface area contributed by atoms with Gasteiger partial charge >= 0.3 is 0 Å². The average molecular weight is 1000 g/mol. The summed E-state index contributed by atoms with van der Waals surface area (Å²) in [5.41, 5.74) is 0. The van der Waals surface area contributed by atoms with Crippen LogP contribution in [0.4, 0.5) is 0 Å². The van der Waals surface area contributed by atoms with E-state index in [9.17, 15) is 96.7 Å². The molecule has 5 heterocycles. The minimum absolute atomic E-state index is 0.900. The molecule has 0 aromatic rings. The first-order chi connectivity index (χ1) is 32.0. The Hall–Kier alpha value is -1.65. The molecule has 5 saturated heterocycles. The molecular weight excluding hydrogens is 934 g/mol. The molecule has 29 atom stereocenters. The second kappa shape index (κ2) is 24.9. The van der Waals surface area contributed by atoms with Gasteiger partial charge < -0.3 is 145 Å². The molecule has 5 aliphatic heterocycles. The van der Waals surface area contributed by atoms with E-state index in [4.69, 9.17) is 47.4 Å². The van der Waals surface area contributed by atoms with E-state index in [2.05, 4.69) is 5.32 Å². The zero-order chi connectivity index (χ0) is 50.6. The van der Waals surface area contributed by atoms with E-state index in [1.165, 1.54) is 13.8 Å². The van der Waals surface area contributed by atoms with Crippen molar-refractivity contribution in [3.05, 3.63) is 0 Å². The summed E-state index contributed by atoms with van der Waals surface area (Å²) in [6, 6.07) is -1.86. The normalized spacial score (nSPS) is 47.8. The summed E-state index contributed by atoms with van der Waals surface area (Å²) >= 11 is 0. The third kappa shape index (κ3) is 12.4. The van der Waals surface area contributed by atoms with Gasteiger partial charge in [0.15, 0.2) is 31.5 Å². The first kappa shape index (κ1) is 57.3. The molecule has 1 amide bonds. The Morgan fingerprint density at radius 1 is 0.471 bits per heavy atom. The fourth-order valence-corrected chi connectivity index (χ4v) is 8.37. The number of nitrogens with one attached hydrogen (secondary N) is 1. The van der Waals surface area contributed by atoms with Crippen LogP contribution in [0.2, 0.25) is 0 Å². The minimum atomic E-state index is -2.25. The van der Waals surface area contributed by atoms with Crippen LogP contribution in [-0.2, 0) is 52.2 Å². The van der Waals surface area contributed by atoms with Gasteiger partial charge in [-0.15, -0.1) is 0 Å². The maximum absolute atomic E-state index is 13.0. The topological polar surface area (TPSA) is 486 Å². The van der Waals surface area contributed by atoms with Gasteiger partial charge in [0, 0.05) is 6.92 Å². The summed E-state index contributed by atoms with van der Waals surface area (Å²) in [4.78, 5) is 13.0. The Balaban J connectivity index is 1.56. The molecule has 0 aromatic heterocycles. The first-order valence-electron chi connectivity index (χ1n) is 21.8. The number of aliphatic hydroxyl groups excluding tert-OH is 18. The van der Waals surface area contributed by atoms with Gasteiger partial charge in [0.25, 0.3) is 0 Å². The van der Waals surface area contributed by atoms with Crippen LogP contribution in [0.3, 0.4) is 0 Å². The Labute approximate surface area is 386 Å². The van der Waals surface area contributed by atoms with Gasteiger partial charge in [-0.05, 0) is 13.8 Å². The second-order valence-electron chi connectivity index (χ2n) is 17.2. The van der Waals surface area contributed by atoms with E-state index in [1.54, 1.807) is 0 Å². The number of amides is 1. The molecule has 0 bridgehead atoms. The highest BCUT2D eigenvalue weighted by atomic mass is 16.8. The highest BCUT2D eigenvalue weighted by Crippen LogP contribution is 2.37. The zero-order valence-corrected chi connectivity index (χ0v) is 36.8. The summed E-state index contributed by atoms with van der Waals surface area (Å²) in [6.07, 6.45) is -53.3. The second-order valence-corrected chi connectivity index (χ2v) is 17.2. The summed E-state index contributed by atoms with van der Waals surface area (Å²) in [6.45, 7) is -1.71. The van der Waals surface area contributed by atoms with Crippen molar-refractivity contribution in [2.24, 2.45) is 0 Å². The van der Waals surface area contributed by atoms with Gasteiger partial charge in [-0.1, -0.05) is 0 Å². The van der Waals surface area contributed by atoms with Gasteiger partial charge in [-0.2, -0.15) is 0 Å². The molecule has 5 fully saturated rings. The van der Waals surface area contributed by atoms with Crippen LogP contribution in [0.5, 0.6) is 0 Å². The lowest BCUT2D eigenvalue weighted by Gasteiger charge is -2.52. The van der Waals surface area contributed by atoms with Crippen LogP contribution >= 0.6 is 0 Å². The Kier molecular flexibility index (Phi) is 20.9. The maximum atomic E-state index is 13.0. The van der Waals surface area contributed by atoms with Crippen LogP contribution in [0.1, 0.15) is 20.8 Å². The molecule has 0 radical (unpaired) electrons. The van der Waals surface area contributed by atoms with E-state index in [-0.39, 0.29) is 0 Å². The Bertz CT molecular complexity index is 1550. The Morgan fingerprint density at radius 3 is 1.43 bits per heavy atom. The van der Waals surface area contributed by atoms with Crippen molar-refractivity contribution in [1.29, 1.82) is 0 Å². The molecule has 5 aliphatic rings. The molecule has 0 aliphatic carbocycles. The molecule has 398 valence electrons. The number of hydrogen-bond acceptors (Lipinski definition) is 29. The molecule has 0 spiro atoms. The zero-order valence-electron chi connectivity index (χ0n) is 36.8. The number of rotatable bonds is 19. The van der Waals surface area contributed by atoms with Gasteiger partial charge in [-0.25, -0.2) is 0 Å². The quantitative estimate of drug-likeness (QED) is 0.0571. The fourth-order valence-electron chi connectivity index (χ4n) is 8.37. The summed E-state index contributed by atoms with van der Waals surface area (Å²) in [5.74, 6) is -0.900. The van der Waals surface area contributed by atoms with Crippen LogP contribution in [0.15, 0.2) is 0 Å². The van der Waals surface area contributed by atoms with Crippen molar-refractivity contribution in [2.75, 3.05) is 33.0 Å². The monoisotopic (exact) mass is 1000 g/mol. The molecule has 0 aromatic carbocycles. The summed E-state index contributed by atoms with van der Waals surface area (Å²) < 4.78 is 58.4. The molecule has 0 saturated carbocycles. The molecule has 68 heavy (non-hydrogen) atoms. The predicted molar refractivity (Wildman–Crippen MR) is 210 cm³/mol. The van der Waals surface area contributed by atoms with Crippen molar-refractivity contribution < 1.29 is 144 Å². The molecule has 19 N–H and O–H groups in total. The van der Waals surface area contributed by atoms with Gasteiger partial charge in [-0.3, -0.25) is 4.79 Å². The van der Waals surface area contributed by atoms with E-state index >= 15 is 0 Å². The van der Waals surface area contributed by atoms with Crippen LogP contribution < -0.4 is 5.32 Å². The van der Waals surface area contributed by atoms with E-state index < -0.39 is 217 Å². The average Bonchev–Trinajstić information content (AvgIpc) is 3.31. The molecule has 30 nitrogen and oxygen atoms in total. The van der Waals surface area contributed by atoms with E-state index in [0.717, 1.165) is 6.92 Å². The van der Waals surface area contributed by atoms with Crippen molar-refractivity contribution in [1.82, 2.24) is 5.32 Å². The Morgan fingerprint density at radius 2 is 0.926 bits per heavy atom. The lowest BCUT2D eigenvalue weighted by atomic mass is 9.93. The number of hydrogen-bond donors (Lipinski definition) is 19. The molecule has 30 heteroatoms. The van der Waals surface area contributed by atoms with Gasteiger partial charge in [0.1, 0.15) is 134 Å². The van der Waals surface area contributed by atoms with Crippen molar-refractivity contribution in [3.8, 4) is 0 Å². The van der Waals surface area contributed by atoms with Gasteiger partial charge in [0.2, 0.25) is 5.91 Å². The van der Waals surface area contributed by atoms with Crippen LogP contribution in [0.25, 0.3) is 0 Å². The highest BCUT2D eigenvalue weighted by Gasteiger charge is 2.58. The smallest absolute Gasteiger partial charge is 0.217 e. The largest absolute Gasteiger partial charge is 0.394 e. The summed E-state index contributed by atoms with van der Waals surface area (Å²) in [5, 5.41) is 193. The number of aliphatic hydroxyl groups is 18. The first-order valence-corrected chi connectivity index (χ1v) is 21.8.